The van der Waals surface area contributed by atoms with Gasteiger partial charge in [-0.15, -0.1) is 0 Å². The van der Waals surface area contributed by atoms with Crippen molar-refractivity contribution < 1.29 is 17.9 Å². The molecule has 1 heterocycles. The third-order valence-electron chi connectivity index (χ3n) is 3.00. The fourth-order valence-corrected chi connectivity index (χ4v) is 2.60. The summed E-state index contributed by atoms with van der Waals surface area (Å²) in [5.41, 5.74) is 1.07. The van der Waals surface area contributed by atoms with Crippen molar-refractivity contribution in [2.45, 2.75) is 6.92 Å². The average Bonchev–Trinajstić information content (AvgIpc) is 2.95. The number of hydrogen-bond donors (Lipinski definition) is 3. The van der Waals surface area contributed by atoms with Crippen LogP contribution in [-0.4, -0.2) is 32.2 Å². The van der Waals surface area contributed by atoms with Gasteiger partial charge in [0.15, 0.2) is 0 Å². The molecule has 7 nitrogen and oxygen atoms in total. The van der Waals surface area contributed by atoms with E-state index in [1.54, 1.807) is 6.07 Å². The van der Waals surface area contributed by atoms with Gasteiger partial charge in [-0.1, -0.05) is 11.6 Å². The second-order valence-corrected chi connectivity index (χ2v) is 7.05. The first-order valence-corrected chi connectivity index (χ1v) is 8.71. The molecule has 124 valence electrons. The molecule has 23 heavy (non-hydrogen) atoms. The van der Waals surface area contributed by atoms with Gasteiger partial charge in [0.25, 0.3) is 5.91 Å². The summed E-state index contributed by atoms with van der Waals surface area (Å²) < 4.78 is 30.8. The number of methoxy groups -OCH3 is 1. The number of aromatic nitrogens is 1. The first-order chi connectivity index (χ1) is 10.8. The van der Waals surface area contributed by atoms with Crippen molar-refractivity contribution in [2.24, 2.45) is 0 Å². The zero-order valence-corrected chi connectivity index (χ0v) is 14.1. The van der Waals surface area contributed by atoms with Crippen LogP contribution in [0.25, 0.3) is 0 Å². The molecule has 9 heteroatoms. The number of anilines is 2. The molecule has 2 rings (SSSR count). The standard InChI is InChI=1S/C14H16ClN3O4S/c1-3-23(20,21)18-11-5-4-10(7-13(11)22-2)17-14(19)12-6-9(15)8-16-12/h4-8,16,18H,3H2,1-2H3,(H,17,19). The maximum Gasteiger partial charge on any atom is 0.272 e. The van der Waals surface area contributed by atoms with Crippen LogP contribution in [0.15, 0.2) is 30.5 Å². The number of sulfonamides is 1. The van der Waals surface area contributed by atoms with E-state index in [0.29, 0.717) is 27.8 Å². The van der Waals surface area contributed by atoms with Gasteiger partial charge in [0.2, 0.25) is 10.0 Å². The van der Waals surface area contributed by atoms with Crippen LogP contribution in [0.4, 0.5) is 11.4 Å². The summed E-state index contributed by atoms with van der Waals surface area (Å²) >= 11 is 5.75. The van der Waals surface area contributed by atoms with E-state index in [1.807, 2.05) is 0 Å². The van der Waals surface area contributed by atoms with Crippen LogP contribution in [0.3, 0.4) is 0 Å². The van der Waals surface area contributed by atoms with Gasteiger partial charge in [-0.05, 0) is 25.1 Å². The smallest absolute Gasteiger partial charge is 0.272 e. The predicted molar refractivity (Wildman–Crippen MR) is 89.8 cm³/mol. The fourth-order valence-electron chi connectivity index (χ4n) is 1.79. The maximum absolute atomic E-state index is 12.0. The Hall–Kier alpha value is -2.19. The van der Waals surface area contributed by atoms with Crippen molar-refractivity contribution in [1.29, 1.82) is 0 Å². The van der Waals surface area contributed by atoms with Gasteiger partial charge in [0.05, 0.1) is 23.6 Å². The number of H-pyrrole nitrogens is 1. The summed E-state index contributed by atoms with van der Waals surface area (Å²) in [6, 6.07) is 6.11. The minimum absolute atomic E-state index is 0.0533. The lowest BCUT2D eigenvalue weighted by molar-refractivity contribution is 0.102. The van der Waals surface area contributed by atoms with E-state index in [-0.39, 0.29) is 11.7 Å². The Kier molecular flexibility index (Phi) is 5.17. The lowest BCUT2D eigenvalue weighted by atomic mass is 10.2. The summed E-state index contributed by atoms with van der Waals surface area (Å²) in [7, 11) is -2.01. The van der Waals surface area contributed by atoms with Crippen LogP contribution >= 0.6 is 11.6 Å². The third kappa shape index (κ3) is 4.40. The predicted octanol–water partition coefficient (Wildman–Crippen LogP) is 2.69. The molecule has 0 saturated carbocycles. The number of amides is 1. The summed E-state index contributed by atoms with van der Waals surface area (Å²) in [6.45, 7) is 1.53. The zero-order chi connectivity index (χ0) is 17.0. The normalized spacial score (nSPS) is 11.1. The molecule has 0 radical (unpaired) electrons. The first kappa shape index (κ1) is 17.2. The molecule has 0 aliphatic heterocycles. The maximum atomic E-state index is 12.0. The van der Waals surface area contributed by atoms with E-state index in [9.17, 15) is 13.2 Å². The summed E-state index contributed by atoms with van der Waals surface area (Å²) in [6.07, 6.45) is 1.50. The van der Waals surface area contributed by atoms with Crippen molar-refractivity contribution in [3.05, 3.63) is 41.2 Å². The van der Waals surface area contributed by atoms with Crippen LogP contribution < -0.4 is 14.8 Å². The zero-order valence-electron chi connectivity index (χ0n) is 12.5. The highest BCUT2D eigenvalue weighted by molar-refractivity contribution is 7.92. The fraction of sp³-hybridized carbons (Fsp3) is 0.214. The lowest BCUT2D eigenvalue weighted by Gasteiger charge is -2.13. The van der Waals surface area contributed by atoms with E-state index in [2.05, 4.69) is 15.0 Å². The van der Waals surface area contributed by atoms with E-state index >= 15 is 0 Å². The molecule has 0 aliphatic carbocycles. The molecule has 1 amide bonds. The summed E-state index contributed by atoms with van der Waals surface area (Å²) in [4.78, 5) is 14.8. The largest absolute Gasteiger partial charge is 0.494 e. The Balaban J connectivity index is 2.20. The number of nitrogens with one attached hydrogen (secondary N) is 3. The molecule has 0 aliphatic rings. The summed E-state index contributed by atoms with van der Waals surface area (Å²) in [5.74, 6) is -0.132. The molecule has 0 bridgehead atoms. The van der Waals surface area contributed by atoms with Gasteiger partial charge in [0, 0.05) is 18.0 Å². The lowest BCUT2D eigenvalue weighted by Crippen LogP contribution is -2.16. The van der Waals surface area contributed by atoms with Gasteiger partial charge in [-0.2, -0.15) is 0 Å². The Morgan fingerprint density at radius 1 is 1.35 bits per heavy atom. The van der Waals surface area contributed by atoms with Crippen LogP contribution in [0.2, 0.25) is 5.02 Å². The second kappa shape index (κ2) is 6.93. The Bertz CT molecular complexity index is 817. The van der Waals surface area contributed by atoms with Crippen LogP contribution in [-0.2, 0) is 10.0 Å². The number of rotatable bonds is 6. The molecular formula is C14H16ClN3O4S. The molecule has 0 spiro atoms. The minimum atomic E-state index is -3.42. The number of carbonyl (C=O) groups is 1. The topological polar surface area (TPSA) is 100 Å². The van der Waals surface area contributed by atoms with Gasteiger partial charge >= 0.3 is 0 Å². The quantitative estimate of drug-likeness (QED) is 0.739. The minimum Gasteiger partial charge on any atom is -0.494 e. The third-order valence-corrected chi connectivity index (χ3v) is 4.51. The SMILES string of the molecule is CCS(=O)(=O)Nc1ccc(NC(=O)c2cc(Cl)c[nH]2)cc1OC. The van der Waals surface area contributed by atoms with Crippen LogP contribution in [0.5, 0.6) is 5.75 Å². The van der Waals surface area contributed by atoms with E-state index in [1.165, 1.54) is 38.4 Å². The average molecular weight is 358 g/mol. The highest BCUT2D eigenvalue weighted by Gasteiger charge is 2.13. The summed E-state index contributed by atoms with van der Waals surface area (Å²) in [5, 5.41) is 3.09. The first-order valence-electron chi connectivity index (χ1n) is 6.68. The van der Waals surface area contributed by atoms with Gasteiger partial charge in [-0.25, -0.2) is 8.42 Å². The monoisotopic (exact) mass is 357 g/mol. The van der Waals surface area contributed by atoms with Gasteiger partial charge in [-0.3, -0.25) is 9.52 Å². The molecule has 3 N–H and O–H groups in total. The van der Waals surface area contributed by atoms with Crippen molar-refractivity contribution in [1.82, 2.24) is 4.98 Å². The highest BCUT2D eigenvalue weighted by atomic mass is 35.5. The van der Waals surface area contributed by atoms with Crippen molar-refractivity contribution >= 4 is 38.9 Å². The number of aromatic amines is 1. The molecule has 2 aromatic rings. The molecule has 0 fully saturated rings. The second-order valence-electron chi connectivity index (χ2n) is 4.61. The number of hydrogen-bond acceptors (Lipinski definition) is 4. The van der Waals surface area contributed by atoms with Crippen molar-refractivity contribution in [2.75, 3.05) is 22.9 Å². The molecule has 0 unspecified atom stereocenters. The van der Waals surface area contributed by atoms with Crippen LogP contribution in [0, 0.1) is 0 Å². The number of benzene rings is 1. The molecule has 1 aromatic heterocycles. The molecule has 0 atom stereocenters. The Morgan fingerprint density at radius 2 is 2.09 bits per heavy atom. The van der Waals surface area contributed by atoms with Gasteiger partial charge in [0.1, 0.15) is 11.4 Å². The van der Waals surface area contributed by atoms with E-state index < -0.39 is 10.0 Å². The molecular weight excluding hydrogens is 342 g/mol. The molecule has 0 saturated heterocycles. The number of carbonyl (C=O) groups excluding carboxylic acids is 1. The van der Waals surface area contributed by atoms with Gasteiger partial charge < -0.3 is 15.0 Å². The van der Waals surface area contributed by atoms with Crippen molar-refractivity contribution in [3.63, 3.8) is 0 Å². The van der Waals surface area contributed by atoms with E-state index in [4.69, 9.17) is 16.3 Å². The Labute approximate surface area is 139 Å². The van der Waals surface area contributed by atoms with E-state index in [0.717, 1.165) is 0 Å². The molecule has 1 aromatic carbocycles. The number of halogens is 1. The van der Waals surface area contributed by atoms with Crippen LogP contribution in [0.1, 0.15) is 17.4 Å². The number of ether oxygens (including phenoxy) is 1. The highest BCUT2D eigenvalue weighted by Crippen LogP contribution is 2.29. The van der Waals surface area contributed by atoms with Crippen molar-refractivity contribution in [3.8, 4) is 5.75 Å². The Morgan fingerprint density at radius 3 is 2.65 bits per heavy atom.